The quantitative estimate of drug-likeness (QED) is 0.849. The summed E-state index contributed by atoms with van der Waals surface area (Å²) in [7, 11) is 0. The van der Waals surface area contributed by atoms with Gasteiger partial charge in [-0.05, 0) is 31.2 Å². The second kappa shape index (κ2) is 7.11. The van der Waals surface area contributed by atoms with E-state index in [1.165, 1.54) is 0 Å². The molecule has 1 aliphatic rings. The lowest BCUT2D eigenvalue weighted by Gasteiger charge is -2.34. The Morgan fingerprint density at radius 1 is 1.00 bits per heavy atom. The topological polar surface area (TPSA) is 49.9 Å². The Balaban J connectivity index is 1.93. The number of carbonyl (C=O) groups is 2. The number of nitrogens with zero attached hydrogens (tertiary/aromatic N) is 2. The van der Waals surface area contributed by atoms with Gasteiger partial charge in [0.05, 0.1) is 6.61 Å². The number of piperazine rings is 1. The van der Waals surface area contributed by atoms with Crippen molar-refractivity contribution in [3.63, 3.8) is 0 Å². The Bertz CT molecular complexity index is 491. The van der Waals surface area contributed by atoms with Crippen molar-refractivity contribution in [1.82, 2.24) is 9.80 Å². The molecule has 0 N–H and O–H groups in total. The first-order chi connectivity index (χ1) is 10.2. The third-order valence-corrected chi connectivity index (χ3v) is 3.63. The van der Waals surface area contributed by atoms with Crippen LogP contribution in [0.25, 0.3) is 0 Å². The molecule has 2 rings (SSSR count). The van der Waals surface area contributed by atoms with Crippen LogP contribution in [0.3, 0.4) is 0 Å². The van der Waals surface area contributed by atoms with Crippen LogP contribution in [0.15, 0.2) is 24.3 Å². The maximum absolute atomic E-state index is 12.4. The van der Waals surface area contributed by atoms with E-state index in [1.54, 1.807) is 17.0 Å². The van der Waals surface area contributed by atoms with E-state index in [2.05, 4.69) is 0 Å². The zero-order chi connectivity index (χ0) is 15.2. The summed E-state index contributed by atoms with van der Waals surface area (Å²) in [5.41, 5.74) is 0.661. The molecule has 5 heteroatoms. The van der Waals surface area contributed by atoms with Crippen molar-refractivity contribution in [2.75, 3.05) is 32.8 Å². The van der Waals surface area contributed by atoms with Crippen molar-refractivity contribution >= 4 is 11.8 Å². The van der Waals surface area contributed by atoms with Crippen LogP contribution >= 0.6 is 0 Å². The highest BCUT2D eigenvalue weighted by Crippen LogP contribution is 2.15. The van der Waals surface area contributed by atoms with Gasteiger partial charge >= 0.3 is 0 Å². The van der Waals surface area contributed by atoms with Gasteiger partial charge in [0.25, 0.3) is 5.91 Å². The summed E-state index contributed by atoms with van der Waals surface area (Å²) >= 11 is 0. The minimum Gasteiger partial charge on any atom is -0.494 e. The standard InChI is InChI=1S/C16H22N2O3/c1-3-15(19)17-9-11-18(12-10-17)16(20)13-5-7-14(8-6-13)21-4-2/h5-8H,3-4,9-12H2,1-2H3. The highest BCUT2D eigenvalue weighted by Gasteiger charge is 2.23. The summed E-state index contributed by atoms with van der Waals surface area (Å²) in [4.78, 5) is 27.6. The average Bonchev–Trinajstić information content (AvgIpc) is 2.54. The lowest BCUT2D eigenvalue weighted by Crippen LogP contribution is -2.50. The van der Waals surface area contributed by atoms with Crippen molar-refractivity contribution in [3.05, 3.63) is 29.8 Å². The van der Waals surface area contributed by atoms with Crippen LogP contribution < -0.4 is 4.74 Å². The Labute approximate surface area is 125 Å². The SMILES string of the molecule is CCOc1ccc(C(=O)N2CCN(C(=O)CC)CC2)cc1. The summed E-state index contributed by atoms with van der Waals surface area (Å²) in [6.45, 7) is 6.83. The molecule has 0 aromatic heterocycles. The van der Waals surface area contributed by atoms with E-state index in [0.29, 0.717) is 44.8 Å². The molecule has 21 heavy (non-hydrogen) atoms. The molecule has 5 nitrogen and oxygen atoms in total. The van der Waals surface area contributed by atoms with Gasteiger partial charge < -0.3 is 14.5 Å². The monoisotopic (exact) mass is 290 g/mol. The van der Waals surface area contributed by atoms with Crippen LogP contribution in [0.5, 0.6) is 5.75 Å². The maximum atomic E-state index is 12.4. The van der Waals surface area contributed by atoms with Gasteiger partial charge in [-0.1, -0.05) is 6.92 Å². The Morgan fingerprint density at radius 2 is 1.57 bits per heavy atom. The number of benzene rings is 1. The molecule has 0 atom stereocenters. The first-order valence-corrected chi connectivity index (χ1v) is 7.45. The predicted octanol–water partition coefficient (Wildman–Crippen LogP) is 1.78. The van der Waals surface area contributed by atoms with Crippen LogP contribution in [0.1, 0.15) is 30.6 Å². The molecule has 0 radical (unpaired) electrons. The summed E-state index contributed by atoms with van der Waals surface area (Å²) < 4.78 is 5.37. The fraction of sp³-hybridized carbons (Fsp3) is 0.500. The van der Waals surface area contributed by atoms with E-state index in [9.17, 15) is 9.59 Å². The molecule has 1 aromatic carbocycles. The Hall–Kier alpha value is -2.04. The van der Waals surface area contributed by atoms with Gasteiger partial charge in [-0.2, -0.15) is 0 Å². The maximum Gasteiger partial charge on any atom is 0.253 e. The molecule has 0 bridgehead atoms. The highest BCUT2D eigenvalue weighted by atomic mass is 16.5. The zero-order valence-corrected chi connectivity index (χ0v) is 12.7. The van der Waals surface area contributed by atoms with E-state index in [1.807, 2.05) is 30.9 Å². The zero-order valence-electron chi connectivity index (χ0n) is 12.7. The molecular formula is C16H22N2O3. The first kappa shape index (κ1) is 15.4. The van der Waals surface area contributed by atoms with Gasteiger partial charge in [0.1, 0.15) is 5.75 Å². The molecule has 1 aliphatic heterocycles. The molecular weight excluding hydrogens is 268 g/mol. The normalized spacial score (nSPS) is 15.0. The van der Waals surface area contributed by atoms with Crippen LogP contribution in [-0.4, -0.2) is 54.4 Å². The van der Waals surface area contributed by atoms with Crippen molar-refractivity contribution in [3.8, 4) is 5.75 Å². The second-order valence-corrected chi connectivity index (χ2v) is 4.98. The van der Waals surface area contributed by atoms with Gasteiger partial charge in [-0.15, -0.1) is 0 Å². The Morgan fingerprint density at radius 3 is 2.10 bits per heavy atom. The molecule has 0 unspecified atom stereocenters. The number of rotatable bonds is 4. The third kappa shape index (κ3) is 3.74. The van der Waals surface area contributed by atoms with Gasteiger partial charge in [0.2, 0.25) is 5.91 Å². The second-order valence-electron chi connectivity index (χ2n) is 4.98. The fourth-order valence-electron chi connectivity index (χ4n) is 2.43. The molecule has 1 saturated heterocycles. The summed E-state index contributed by atoms with van der Waals surface area (Å²) in [5, 5.41) is 0. The van der Waals surface area contributed by atoms with Gasteiger partial charge in [0.15, 0.2) is 0 Å². The van der Waals surface area contributed by atoms with Crippen LogP contribution in [0.2, 0.25) is 0 Å². The fourth-order valence-corrected chi connectivity index (χ4v) is 2.43. The largest absolute Gasteiger partial charge is 0.494 e. The third-order valence-electron chi connectivity index (χ3n) is 3.63. The van der Waals surface area contributed by atoms with E-state index < -0.39 is 0 Å². The van der Waals surface area contributed by atoms with Crippen molar-refractivity contribution in [2.24, 2.45) is 0 Å². The van der Waals surface area contributed by atoms with Crippen molar-refractivity contribution in [1.29, 1.82) is 0 Å². The molecule has 0 aliphatic carbocycles. The minimum atomic E-state index is 0.0154. The molecule has 2 amide bonds. The number of ether oxygens (including phenoxy) is 1. The molecule has 1 aromatic rings. The number of hydrogen-bond acceptors (Lipinski definition) is 3. The number of hydrogen-bond donors (Lipinski definition) is 0. The molecule has 114 valence electrons. The summed E-state index contributed by atoms with van der Waals surface area (Å²) in [6, 6.07) is 7.20. The lowest BCUT2D eigenvalue weighted by atomic mass is 10.1. The van der Waals surface area contributed by atoms with Crippen LogP contribution in [0, 0.1) is 0 Å². The minimum absolute atomic E-state index is 0.0154. The van der Waals surface area contributed by atoms with Crippen molar-refractivity contribution in [2.45, 2.75) is 20.3 Å². The number of amides is 2. The molecule has 0 spiro atoms. The smallest absolute Gasteiger partial charge is 0.253 e. The summed E-state index contributed by atoms with van der Waals surface area (Å²) in [6.07, 6.45) is 0.521. The van der Waals surface area contributed by atoms with Crippen molar-refractivity contribution < 1.29 is 14.3 Å². The van der Waals surface area contributed by atoms with Crippen LogP contribution in [0.4, 0.5) is 0 Å². The van der Waals surface area contributed by atoms with Gasteiger partial charge in [-0.25, -0.2) is 0 Å². The highest BCUT2D eigenvalue weighted by molar-refractivity contribution is 5.94. The lowest BCUT2D eigenvalue weighted by molar-refractivity contribution is -0.132. The van der Waals surface area contributed by atoms with E-state index in [-0.39, 0.29) is 11.8 Å². The molecule has 1 fully saturated rings. The van der Waals surface area contributed by atoms with Gasteiger partial charge in [-0.3, -0.25) is 9.59 Å². The first-order valence-electron chi connectivity index (χ1n) is 7.45. The number of carbonyl (C=O) groups excluding carboxylic acids is 2. The molecule has 1 heterocycles. The summed E-state index contributed by atoms with van der Waals surface area (Å²) in [5.74, 6) is 0.942. The van der Waals surface area contributed by atoms with E-state index in [0.717, 1.165) is 5.75 Å². The van der Waals surface area contributed by atoms with Gasteiger partial charge in [0, 0.05) is 38.2 Å². The molecule has 0 saturated carbocycles. The predicted molar refractivity (Wildman–Crippen MR) is 80.4 cm³/mol. The van der Waals surface area contributed by atoms with E-state index in [4.69, 9.17) is 4.74 Å². The Kier molecular flexibility index (Phi) is 5.20. The average molecular weight is 290 g/mol. The van der Waals surface area contributed by atoms with E-state index >= 15 is 0 Å². The van der Waals surface area contributed by atoms with Crippen LogP contribution in [-0.2, 0) is 4.79 Å².